The molecular formula is C14H27N3O3S. The summed E-state index contributed by atoms with van der Waals surface area (Å²) in [7, 11) is -1.96. The number of sulfonamides is 1. The zero-order valence-electron chi connectivity index (χ0n) is 13.8. The summed E-state index contributed by atoms with van der Waals surface area (Å²) < 4.78 is 28.8. The second-order valence-electron chi connectivity index (χ2n) is 6.38. The van der Waals surface area contributed by atoms with Gasteiger partial charge < -0.3 is 5.11 Å². The minimum Gasteiger partial charge on any atom is -0.389 e. The van der Waals surface area contributed by atoms with Crippen LogP contribution in [0.25, 0.3) is 0 Å². The maximum Gasteiger partial charge on any atom is 0.244 e. The van der Waals surface area contributed by atoms with Gasteiger partial charge in [0.2, 0.25) is 10.0 Å². The molecule has 21 heavy (non-hydrogen) atoms. The van der Waals surface area contributed by atoms with Crippen LogP contribution in [0.2, 0.25) is 0 Å². The van der Waals surface area contributed by atoms with Crippen LogP contribution in [0.15, 0.2) is 4.90 Å². The van der Waals surface area contributed by atoms with Crippen molar-refractivity contribution < 1.29 is 13.5 Å². The summed E-state index contributed by atoms with van der Waals surface area (Å²) in [6.07, 6.45) is 1.40. The van der Waals surface area contributed by atoms with E-state index >= 15 is 0 Å². The highest BCUT2D eigenvalue weighted by molar-refractivity contribution is 7.89. The van der Waals surface area contributed by atoms with Gasteiger partial charge in [-0.1, -0.05) is 13.8 Å². The third kappa shape index (κ3) is 4.79. The van der Waals surface area contributed by atoms with Crippen LogP contribution in [-0.4, -0.2) is 35.5 Å². The molecule has 122 valence electrons. The van der Waals surface area contributed by atoms with Crippen LogP contribution in [0.3, 0.4) is 0 Å². The molecule has 0 saturated carbocycles. The van der Waals surface area contributed by atoms with Crippen molar-refractivity contribution in [3.05, 3.63) is 11.4 Å². The van der Waals surface area contributed by atoms with Gasteiger partial charge in [0, 0.05) is 13.6 Å². The van der Waals surface area contributed by atoms with Gasteiger partial charge in [0.1, 0.15) is 4.90 Å². The van der Waals surface area contributed by atoms with Crippen LogP contribution < -0.4 is 4.72 Å². The number of aliphatic hydroxyl groups is 1. The van der Waals surface area contributed by atoms with E-state index in [1.54, 1.807) is 32.5 Å². The predicted octanol–water partition coefficient (Wildman–Crippen LogP) is 1.50. The molecule has 1 unspecified atom stereocenters. The third-order valence-corrected chi connectivity index (χ3v) is 5.27. The van der Waals surface area contributed by atoms with E-state index in [4.69, 9.17) is 0 Å². The summed E-state index contributed by atoms with van der Waals surface area (Å²) in [5.74, 6) is 0.468. The SMILES string of the molecule is Cc1nn(C)c(C)c1S(=O)(=O)NCC(C)(O)CCC(C)C. The standard InChI is InChI=1S/C14H27N3O3S/c1-10(2)7-8-14(5,18)9-15-21(19,20)13-11(3)16-17(6)12(13)4/h10,15,18H,7-9H2,1-6H3. The number of nitrogens with one attached hydrogen (secondary N) is 1. The van der Waals surface area contributed by atoms with Crippen molar-refractivity contribution in [3.8, 4) is 0 Å². The molecule has 0 aliphatic heterocycles. The number of aromatic nitrogens is 2. The van der Waals surface area contributed by atoms with E-state index in [1.807, 2.05) is 0 Å². The number of aryl methyl sites for hydroxylation is 2. The Morgan fingerprint density at radius 3 is 2.38 bits per heavy atom. The Morgan fingerprint density at radius 1 is 1.38 bits per heavy atom. The van der Waals surface area contributed by atoms with Gasteiger partial charge in [-0.3, -0.25) is 4.68 Å². The number of hydrogen-bond acceptors (Lipinski definition) is 4. The normalized spacial score (nSPS) is 15.4. The Bertz CT molecular complexity index is 589. The Hall–Kier alpha value is -0.920. The molecule has 2 N–H and O–H groups in total. The molecule has 6 nitrogen and oxygen atoms in total. The van der Waals surface area contributed by atoms with E-state index in [-0.39, 0.29) is 11.4 Å². The van der Waals surface area contributed by atoms with Gasteiger partial charge >= 0.3 is 0 Å². The molecule has 1 rings (SSSR count). The van der Waals surface area contributed by atoms with E-state index in [9.17, 15) is 13.5 Å². The first-order valence-corrected chi connectivity index (χ1v) is 8.67. The van der Waals surface area contributed by atoms with Crippen LogP contribution >= 0.6 is 0 Å². The van der Waals surface area contributed by atoms with E-state index in [0.717, 1.165) is 6.42 Å². The Kier molecular flexibility index (Phi) is 5.57. The largest absolute Gasteiger partial charge is 0.389 e. The van der Waals surface area contributed by atoms with Crippen molar-refractivity contribution in [2.45, 2.75) is 58.0 Å². The maximum atomic E-state index is 12.4. The third-order valence-electron chi connectivity index (χ3n) is 3.61. The minimum atomic E-state index is -3.67. The van der Waals surface area contributed by atoms with E-state index in [0.29, 0.717) is 23.7 Å². The van der Waals surface area contributed by atoms with Crippen LogP contribution in [0, 0.1) is 19.8 Å². The topological polar surface area (TPSA) is 84.2 Å². The molecule has 0 aliphatic carbocycles. The van der Waals surface area contributed by atoms with Crippen LogP contribution in [0.1, 0.15) is 45.0 Å². The zero-order chi connectivity index (χ0) is 16.4. The summed E-state index contributed by atoms with van der Waals surface area (Å²) in [4.78, 5) is 0.199. The lowest BCUT2D eigenvalue weighted by atomic mass is 9.96. The first kappa shape index (κ1) is 18.1. The Labute approximate surface area is 127 Å². The summed E-state index contributed by atoms with van der Waals surface area (Å²) in [6, 6.07) is 0. The number of hydrogen-bond donors (Lipinski definition) is 2. The summed E-state index contributed by atoms with van der Waals surface area (Å²) >= 11 is 0. The lowest BCUT2D eigenvalue weighted by Crippen LogP contribution is -2.41. The summed E-state index contributed by atoms with van der Waals surface area (Å²) in [6.45, 7) is 9.17. The van der Waals surface area contributed by atoms with Crippen LogP contribution in [-0.2, 0) is 17.1 Å². The first-order valence-electron chi connectivity index (χ1n) is 7.18. The summed E-state index contributed by atoms with van der Waals surface area (Å²) in [5, 5.41) is 14.4. The molecule has 0 aromatic carbocycles. The van der Waals surface area contributed by atoms with Crippen molar-refractivity contribution in [1.82, 2.24) is 14.5 Å². The highest BCUT2D eigenvalue weighted by atomic mass is 32.2. The predicted molar refractivity (Wildman–Crippen MR) is 82.6 cm³/mol. The van der Waals surface area contributed by atoms with E-state index < -0.39 is 15.6 Å². The number of rotatable bonds is 7. The molecule has 7 heteroatoms. The van der Waals surface area contributed by atoms with Gasteiger partial charge in [0.05, 0.1) is 17.0 Å². The van der Waals surface area contributed by atoms with Crippen molar-refractivity contribution in [2.75, 3.05) is 6.54 Å². The molecule has 1 aromatic rings. The van der Waals surface area contributed by atoms with Crippen LogP contribution in [0.5, 0.6) is 0 Å². The van der Waals surface area contributed by atoms with Gasteiger partial charge in [-0.05, 0) is 39.5 Å². The molecule has 0 fully saturated rings. The Morgan fingerprint density at radius 2 is 1.95 bits per heavy atom. The fourth-order valence-corrected chi connectivity index (χ4v) is 3.75. The van der Waals surface area contributed by atoms with Gasteiger partial charge in [0.25, 0.3) is 0 Å². The molecule has 1 atom stereocenters. The molecule has 1 aromatic heterocycles. The van der Waals surface area contributed by atoms with E-state index in [2.05, 4.69) is 23.7 Å². The molecule has 0 radical (unpaired) electrons. The molecule has 0 amide bonds. The summed E-state index contributed by atoms with van der Waals surface area (Å²) in [5.41, 5.74) is -0.00685. The molecule has 0 saturated heterocycles. The highest BCUT2D eigenvalue weighted by Gasteiger charge is 2.28. The molecule has 0 aliphatic rings. The van der Waals surface area contributed by atoms with Gasteiger partial charge in [-0.15, -0.1) is 0 Å². The smallest absolute Gasteiger partial charge is 0.244 e. The molecular weight excluding hydrogens is 290 g/mol. The maximum absolute atomic E-state index is 12.4. The van der Waals surface area contributed by atoms with Crippen molar-refractivity contribution in [1.29, 1.82) is 0 Å². The lowest BCUT2D eigenvalue weighted by Gasteiger charge is -2.24. The quantitative estimate of drug-likeness (QED) is 0.798. The second kappa shape index (κ2) is 6.46. The number of nitrogens with zero attached hydrogens (tertiary/aromatic N) is 2. The van der Waals surface area contributed by atoms with Crippen molar-refractivity contribution in [3.63, 3.8) is 0 Å². The monoisotopic (exact) mass is 317 g/mol. The first-order chi connectivity index (χ1) is 9.46. The average molecular weight is 317 g/mol. The average Bonchev–Trinajstić information content (AvgIpc) is 2.59. The van der Waals surface area contributed by atoms with Gasteiger partial charge in [-0.25, -0.2) is 13.1 Å². The zero-order valence-corrected chi connectivity index (χ0v) is 14.6. The highest BCUT2D eigenvalue weighted by Crippen LogP contribution is 2.20. The molecule has 0 spiro atoms. The van der Waals surface area contributed by atoms with Gasteiger partial charge in [0.15, 0.2) is 0 Å². The van der Waals surface area contributed by atoms with Crippen molar-refractivity contribution in [2.24, 2.45) is 13.0 Å². The molecule has 0 bridgehead atoms. The Balaban J connectivity index is 2.82. The van der Waals surface area contributed by atoms with Gasteiger partial charge in [-0.2, -0.15) is 5.10 Å². The second-order valence-corrected chi connectivity index (χ2v) is 8.08. The van der Waals surface area contributed by atoms with Crippen LogP contribution in [0.4, 0.5) is 0 Å². The van der Waals surface area contributed by atoms with Crippen molar-refractivity contribution >= 4 is 10.0 Å². The fraction of sp³-hybridized carbons (Fsp3) is 0.786. The fourth-order valence-electron chi connectivity index (χ4n) is 2.15. The minimum absolute atomic E-state index is 0.00414. The van der Waals surface area contributed by atoms with E-state index in [1.165, 1.54) is 0 Å². The molecule has 1 heterocycles. The lowest BCUT2D eigenvalue weighted by molar-refractivity contribution is 0.0506.